The van der Waals surface area contributed by atoms with Crippen LogP contribution in [0.1, 0.15) is 0 Å². The number of nitrogens with zero attached hydrogens (tertiary/aromatic N) is 5. The third-order valence-electron chi connectivity index (χ3n) is 5.37. The summed E-state index contributed by atoms with van der Waals surface area (Å²) in [6, 6.07) is 10.7. The zero-order valence-electron chi connectivity index (χ0n) is 16.5. The number of anilines is 1. The van der Waals surface area contributed by atoms with Crippen molar-refractivity contribution < 1.29 is 13.5 Å². The zero-order chi connectivity index (χ0) is 20.9. The lowest BCUT2D eigenvalue weighted by Gasteiger charge is -2.19. The first kappa shape index (κ1) is 18.7. The molecule has 4 heterocycles. The van der Waals surface area contributed by atoms with Crippen LogP contribution in [0.15, 0.2) is 48.8 Å². The highest BCUT2D eigenvalue weighted by atomic mass is 19.3. The number of benzene rings is 1. The van der Waals surface area contributed by atoms with Crippen molar-refractivity contribution in [2.24, 2.45) is 0 Å². The van der Waals surface area contributed by atoms with Crippen LogP contribution in [0.25, 0.3) is 27.5 Å². The second-order valence-corrected chi connectivity index (χ2v) is 7.53. The second-order valence-electron chi connectivity index (χ2n) is 7.53. The Balaban J connectivity index is 1.56. The first-order valence-corrected chi connectivity index (χ1v) is 9.56. The second kappa shape index (κ2) is 6.88. The molecule has 30 heavy (non-hydrogen) atoms. The van der Waals surface area contributed by atoms with Gasteiger partial charge in [0.2, 0.25) is 11.8 Å². The summed E-state index contributed by atoms with van der Waals surface area (Å²) < 4.78 is 35.5. The Morgan fingerprint density at radius 1 is 1.23 bits per heavy atom. The van der Waals surface area contributed by atoms with Gasteiger partial charge >= 0.3 is 0 Å². The van der Waals surface area contributed by atoms with Gasteiger partial charge < -0.3 is 10.1 Å². The number of nitrogens with one attached hydrogen (secondary N) is 1. The quantitative estimate of drug-likeness (QED) is 0.557. The van der Waals surface area contributed by atoms with E-state index in [1.54, 1.807) is 28.9 Å². The van der Waals surface area contributed by atoms with Gasteiger partial charge in [0.15, 0.2) is 0 Å². The molecule has 0 saturated carbocycles. The van der Waals surface area contributed by atoms with E-state index in [9.17, 15) is 8.78 Å². The van der Waals surface area contributed by atoms with Crippen LogP contribution in [0, 0.1) is 0 Å². The molecule has 9 heteroatoms. The standard InChI is InChI=1S/C21H20F2N6O/c1-28-11-17(21(22,23)12-28)25-20-26-19(30-2)18-15(7-9-29(18)27-20)13-5-6-16-14(10-13)4-3-8-24-16/h3-10,17H,11-12H2,1-2H3,(H,25,27)/t17-/m0/s1. The number of alkyl halides is 2. The Bertz CT molecular complexity index is 1240. The van der Waals surface area contributed by atoms with Crippen molar-refractivity contribution in [2.45, 2.75) is 12.0 Å². The molecule has 3 aromatic heterocycles. The van der Waals surface area contributed by atoms with Gasteiger partial charge in [-0.3, -0.25) is 9.88 Å². The summed E-state index contributed by atoms with van der Waals surface area (Å²) >= 11 is 0. The van der Waals surface area contributed by atoms with E-state index in [1.165, 1.54) is 7.11 Å². The van der Waals surface area contributed by atoms with Crippen LogP contribution in [-0.2, 0) is 0 Å². The van der Waals surface area contributed by atoms with Crippen LogP contribution >= 0.6 is 0 Å². The van der Waals surface area contributed by atoms with Crippen LogP contribution < -0.4 is 10.1 Å². The first-order valence-electron chi connectivity index (χ1n) is 9.56. The summed E-state index contributed by atoms with van der Waals surface area (Å²) in [6.07, 6.45) is 3.53. The molecular formula is C21H20F2N6O. The molecule has 4 aromatic rings. The fraction of sp³-hybridized carbons (Fsp3) is 0.286. The van der Waals surface area contributed by atoms with Crippen LogP contribution in [0.4, 0.5) is 14.7 Å². The fourth-order valence-corrected chi connectivity index (χ4v) is 3.96. The Hall–Kier alpha value is -3.33. The maximum atomic E-state index is 14.2. The SMILES string of the molecule is COc1nc(N[C@H]2CN(C)CC2(F)F)nn2ccc(-c3ccc4ncccc4c3)c12. The van der Waals surface area contributed by atoms with Crippen molar-refractivity contribution in [3.05, 3.63) is 48.8 Å². The molecule has 1 atom stereocenters. The van der Waals surface area contributed by atoms with E-state index in [4.69, 9.17) is 4.74 Å². The zero-order valence-corrected chi connectivity index (χ0v) is 16.5. The van der Waals surface area contributed by atoms with E-state index >= 15 is 0 Å². The Morgan fingerprint density at radius 3 is 2.87 bits per heavy atom. The Morgan fingerprint density at radius 2 is 2.10 bits per heavy atom. The number of rotatable bonds is 4. The molecule has 1 aromatic carbocycles. The lowest BCUT2D eigenvalue weighted by Crippen LogP contribution is -2.38. The number of hydrogen-bond donors (Lipinski definition) is 1. The highest BCUT2D eigenvalue weighted by Crippen LogP contribution is 2.34. The molecule has 7 nitrogen and oxygen atoms in total. The summed E-state index contributed by atoms with van der Waals surface area (Å²) in [6.45, 7) is -0.0900. The molecule has 1 aliphatic rings. The molecule has 1 N–H and O–H groups in total. The largest absolute Gasteiger partial charge is 0.479 e. The Kier molecular flexibility index (Phi) is 4.28. The Labute approximate surface area is 171 Å². The molecule has 154 valence electrons. The van der Waals surface area contributed by atoms with Crippen molar-refractivity contribution in [1.29, 1.82) is 0 Å². The predicted molar refractivity (Wildman–Crippen MR) is 110 cm³/mol. The van der Waals surface area contributed by atoms with Crippen LogP contribution in [0.3, 0.4) is 0 Å². The average Bonchev–Trinajstić information content (AvgIpc) is 3.26. The van der Waals surface area contributed by atoms with Gasteiger partial charge in [0, 0.05) is 29.9 Å². The topological polar surface area (TPSA) is 67.6 Å². The molecule has 5 rings (SSSR count). The van der Waals surface area contributed by atoms with Gasteiger partial charge in [-0.15, -0.1) is 5.10 Å². The number of ether oxygens (including phenoxy) is 1. The van der Waals surface area contributed by atoms with Crippen LogP contribution in [0.2, 0.25) is 0 Å². The molecule has 0 spiro atoms. The molecule has 1 fully saturated rings. The third kappa shape index (κ3) is 3.11. The van der Waals surface area contributed by atoms with E-state index < -0.39 is 12.0 Å². The lowest BCUT2D eigenvalue weighted by atomic mass is 10.0. The minimum Gasteiger partial charge on any atom is -0.479 e. The number of likely N-dealkylation sites (N-methyl/N-ethyl adjacent to an activating group) is 1. The van der Waals surface area contributed by atoms with E-state index in [-0.39, 0.29) is 19.0 Å². The monoisotopic (exact) mass is 410 g/mol. The number of hydrogen-bond acceptors (Lipinski definition) is 6. The van der Waals surface area contributed by atoms with Gasteiger partial charge in [-0.05, 0) is 36.9 Å². The highest BCUT2D eigenvalue weighted by molar-refractivity contribution is 5.90. The molecule has 1 saturated heterocycles. The fourth-order valence-electron chi connectivity index (χ4n) is 3.96. The number of halogens is 2. The van der Waals surface area contributed by atoms with Gasteiger partial charge in [0.25, 0.3) is 5.92 Å². The van der Waals surface area contributed by atoms with Crippen molar-refractivity contribution in [3.8, 4) is 17.0 Å². The summed E-state index contributed by atoms with van der Waals surface area (Å²) in [7, 11) is 3.17. The van der Waals surface area contributed by atoms with Crippen LogP contribution in [0.5, 0.6) is 5.88 Å². The number of methoxy groups -OCH3 is 1. The van der Waals surface area contributed by atoms with Gasteiger partial charge in [-0.25, -0.2) is 13.3 Å². The van der Waals surface area contributed by atoms with Gasteiger partial charge in [-0.1, -0.05) is 12.1 Å². The van der Waals surface area contributed by atoms with Gasteiger partial charge in [0.1, 0.15) is 11.6 Å². The normalized spacial score (nSPS) is 18.9. The number of fused-ring (bicyclic) bond motifs is 2. The van der Waals surface area contributed by atoms with Crippen molar-refractivity contribution in [2.75, 3.05) is 32.6 Å². The van der Waals surface area contributed by atoms with E-state index in [0.717, 1.165) is 22.0 Å². The van der Waals surface area contributed by atoms with E-state index in [2.05, 4.69) is 20.4 Å². The molecule has 0 amide bonds. The van der Waals surface area contributed by atoms with Crippen molar-refractivity contribution in [3.63, 3.8) is 0 Å². The molecule has 0 aliphatic carbocycles. The minimum atomic E-state index is -2.86. The maximum Gasteiger partial charge on any atom is 0.281 e. The van der Waals surface area contributed by atoms with Gasteiger partial charge in [-0.2, -0.15) is 4.98 Å². The van der Waals surface area contributed by atoms with Crippen molar-refractivity contribution in [1.82, 2.24) is 24.5 Å². The first-order chi connectivity index (χ1) is 14.4. The number of aromatic nitrogens is 4. The molecule has 0 bridgehead atoms. The van der Waals surface area contributed by atoms with Crippen LogP contribution in [-0.4, -0.2) is 63.7 Å². The smallest absolute Gasteiger partial charge is 0.281 e. The summed E-state index contributed by atoms with van der Waals surface area (Å²) in [4.78, 5) is 10.3. The maximum absolute atomic E-state index is 14.2. The molecule has 1 aliphatic heterocycles. The van der Waals surface area contributed by atoms with E-state index in [1.807, 2.05) is 36.4 Å². The minimum absolute atomic E-state index is 0.101. The van der Waals surface area contributed by atoms with Gasteiger partial charge in [0.05, 0.1) is 19.2 Å². The highest BCUT2D eigenvalue weighted by Gasteiger charge is 2.47. The number of pyridine rings is 1. The van der Waals surface area contributed by atoms with Crippen molar-refractivity contribution >= 4 is 22.4 Å². The number of likely N-dealkylation sites (tertiary alicyclic amines) is 1. The molecule has 0 unspecified atom stereocenters. The molecular weight excluding hydrogens is 390 g/mol. The van der Waals surface area contributed by atoms with E-state index in [0.29, 0.717) is 11.4 Å². The lowest BCUT2D eigenvalue weighted by molar-refractivity contribution is 0.00583. The summed E-state index contributed by atoms with van der Waals surface area (Å²) in [5, 5.41) is 8.19. The average molecular weight is 410 g/mol. The third-order valence-corrected chi connectivity index (χ3v) is 5.37. The molecule has 0 radical (unpaired) electrons. The summed E-state index contributed by atoms with van der Waals surface area (Å²) in [5.41, 5.74) is 3.42. The predicted octanol–water partition coefficient (Wildman–Crippen LogP) is 3.31. The summed E-state index contributed by atoms with van der Waals surface area (Å²) in [5.74, 6) is -2.45.